The van der Waals surface area contributed by atoms with Crippen molar-refractivity contribution in [3.63, 3.8) is 0 Å². The highest BCUT2D eigenvalue weighted by Gasteiger charge is 2.28. The lowest BCUT2D eigenvalue weighted by atomic mass is 9.83. The Morgan fingerprint density at radius 1 is 1.36 bits per heavy atom. The van der Waals surface area contributed by atoms with Gasteiger partial charge in [0.2, 0.25) is 5.91 Å². The first-order chi connectivity index (χ1) is 10.2. The lowest BCUT2D eigenvalue weighted by Crippen LogP contribution is -2.46. The van der Waals surface area contributed by atoms with Crippen molar-refractivity contribution in [2.75, 3.05) is 33.7 Å². The van der Waals surface area contributed by atoms with Crippen LogP contribution in [-0.2, 0) is 4.79 Å². The molecule has 0 bridgehead atoms. The van der Waals surface area contributed by atoms with Crippen molar-refractivity contribution >= 4 is 5.91 Å². The van der Waals surface area contributed by atoms with E-state index >= 15 is 0 Å². The number of carbonyl (C=O) groups is 1. The average molecular weight is 312 g/mol. The fraction of sp³-hybridized carbons (Fsp3) is 0.944. The molecule has 1 saturated heterocycles. The molecule has 1 fully saturated rings. The highest BCUT2D eigenvalue weighted by Crippen LogP contribution is 2.25. The Morgan fingerprint density at radius 3 is 2.55 bits per heavy atom. The first kappa shape index (κ1) is 19.4. The van der Waals surface area contributed by atoms with E-state index in [1.54, 1.807) is 0 Å². The van der Waals surface area contributed by atoms with Crippen LogP contribution in [0.15, 0.2) is 0 Å². The van der Waals surface area contributed by atoms with Gasteiger partial charge in [-0.15, -0.1) is 0 Å². The summed E-state index contributed by atoms with van der Waals surface area (Å²) in [6.07, 6.45) is 4.15. The first-order valence-corrected chi connectivity index (χ1v) is 8.85. The summed E-state index contributed by atoms with van der Waals surface area (Å²) in [5, 5.41) is 6.75. The molecular formula is C18H37N3O. The Kier molecular flexibility index (Phi) is 7.84. The van der Waals surface area contributed by atoms with E-state index in [2.05, 4.69) is 57.3 Å². The highest BCUT2D eigenvalue weighted by molar-refractivity contribution is 5.76. The lowest BCUT2D eigenvalue weighted by molar-refractivity contribution is -0.123. The summed E-state index contributed by atoms with van der Waals surface area (Å²) >= 11 is 0. The second-order valence-electron chi connectivity index (χ2n) is 8.37. The Morgan fingerprint density at radius 2 is 2.05 bits per heavy atom. The number of hydrogen-bond donors (Lipinski definition) is 2. The molecule has 0 aromatic rings. The molecule has 4 heteroatoms. The lowest BCUT2D eigenvalue weighted by Gasteiger charge is -2.33. The van der Waals surface area contributed by atoms with Crippen molar-refractivity contribution in [3.05, 3.63) is 0 Å². The van der Waals surface area contributed by atoms with Crippen LogP contribution in [0.3, 0.4) is 0 Å². The number of nitrogens with zero attached hydrogens (tertiary/aromatic N) is 1. The predicted octanol–water partition coefficient (Wildman–Crippen LogP) is 2.49. The fourth-order valence-corrected chi connectivity index (χ4v) is 3.19. The van der Waals surface area contributed by atoms with Crippen LogP contribution in [0.25, 0.3) is 0 Å². The summed E-state index contributed by atoms with van der Waals surface area (Å²) in [6.45, 7) is 12.1. The van der Waals surface area contributed by atoms with Gasteiger partial charge in [0.25, 0.3) is 0 Å². The summed E-state index contributed by atoms with van der Waals surface area (Å²) in [4.78, 5) is 14.6. The van der Waals surface area contributed by atoms with Crippen LogP contribution in [0.1, 0.15) is 53.4 Å². The van der Waals surface area contributed by atoms with E-state index in [9.17, 15) is 4.79 Å². The van der Waals surface area contributed by atoms with Gasteiger partial charge in [0.05, 0.1) is 0 Å². The van der Waals surface area contributed by atoms with E-state index in [0.29, 0.717) is 18.3 Å². The molecule has 0 aromatic carbocycles. The molecule has 1 amide bonds. The molecule has 1 rings (SSSR count). The monoisotopic (exact) mass is 311 g/mol. The third-order valence-electron chi connectivity index (χ3n) is 4.89. The Labute approximate surface area is 137 Å². The van der Waals surface area contributed by atoms with E-state index in [-0.39, 0.29) is 17.4 Å². The van der Waals surface area contributed by atoms with E-state index in [1.165, 1.54) is 12.8 Å². The maximum atomic E-state index is 12.5. The highest BCUT2D eigenvalue weighted by atomic mass is 16.1. The number of piperidine rings is 1. The minimum atomic E-state index is 0.0985. The molecule has 0 aromatic heterocycles. The predicted molar refractivity (Wildman–Crippen MR) is 93.9 cm³/mol. The van der Waals surface area contributed by atoms with Crippen molar-refractivity contribution < 1.29 is 4.79 Å². The van der Waals surface area contributed by atoms with Crippen LogP contribution in [0.4, 0.5) is 0 Å². The molecule has 3 atom stereocenters. The third-order valence-corrected chi connectivity index (χ3v) is 4.89. The minimum Gasteiger partial charge on any atom is -0.353 e. The Balaban J connectivity index is 2.47. The standard InChI is InChI=1S/C18H37N3O/c1-14(15-8-7-10-19-13-15)12-17(22)20-16(18(2,3)4)9-11-21(5)6/h14-16,19H,7-13H2,1-6H3,(H,20,22). The third kappa shape index (κ3) is 7.10. The molecule has 2 N–H and O–H groups in total. The maximum Gasteiger partial charge on any atom is 0.220 e. The van der Waals surface area contributed by atoms with E-state index in [4.69, 9.17) is 0 Å². The van der Waals surface area contributed by atoms with Crippen LogP contribution in [-0.4, -0.2) is 50.6 Å². The van der Waals surface area contributed by atoms with Gasteiger partial charge < -0.3 is 15.5 Å². The fourth-order valence-electron chi connectivity index (χ4n) is 3.19. The second kappa shape index (κ2) is 8.88. The molecule has 0 aliphatic carbocycles. The molecule has 1 aliphatic heterocycles. The zero-order valence-corrected chi connectivity index (χ0v) is 15.5. The van der Waals surface area contributed by atoms with E-state index < -0.39 is 0 Å². The number of rotatable bonds is 7. The van der Waals surface area contributed by atoms with Crippen molar-refractivity contribution in [3.8, 4) is 0 Å². The second-order valence-corrected chi connectivity index (χ2v) is 8.37. The Hall–Kier alpha value is -0.610. The molecule has 22 heavy (non-hydrogen) atoms. The van der Waals surface area contributed by atoms with E-state index in [0.717, 1.165) is 26.1 Å². The molecule has 0 radical (unpaired) electrons. The number of nitrogens with one attached hydrogen (secondary N) is 2. The summed E-state index contributed by atoms with van der Waals surface area (Å²) in [5.41, 5.74) is 0.0985. The number of amides is 1. The summed E-state index contributed by atoms with van der Waals surface area (Å²) in [6, 6.07) is 0.235. The van der Waals surface area contributed by atoms with Crippen LogP contribution in [0, 0.1) is 17.3 Å². The molecule has 130 valence electrons. The SMILES string of the molecule is CC(CC(=O)NC(CCN(C)C)C(C)(C)C)C1CCCNC1. The van der Waals surface area contributed by atoms with Crippen molar-refractivity contribution in [2.45, 2.75) is 59.4 Å². The van der Waals surface area contributed by atoms with Gasteiger partial charge in [-0.25, -0.2) is 0 Å². The van der Waals surface area contributed by atoms with Gasteiger partial charge in [-0.1, -0.05) is 27.7 Å². The summed E-state index contributed by atoms with van der Waals surface area (Å²) in [5.74, 6) is 1.33. The van der Waals surface area contributed by atoms with Gasteiger partial charge in [-0.3, -0.25) is 4.79 Å². The molecule has 1 aliphatic rings. The van der Waals surface area contributed by atoms with Crippen LogP contribution in [0.5, 0.6) is 0 Å². The van der Waals surface area contributed by atoms with Gasteiger partial charge >= 0.3 is 0 Å². The molecular weight excluding hydrogens is 274 g/mol. The zero-order valence-electron chi connectivity index (χ0n) is 15.5. The molecule has 0 spiro atoms. The summed E-state index contributed by atoms with van der Waals surface area (Å²) < 4.78 is 0. The van der Waals surface area contributed by atoms with Gasteiger partial charge in [0.15, 0.2) is 0 Å². The van der Waals surface area contributed by atoms with E-state index in [1.807, 2.05) is 0 Å². The van der Waals surface area contributed by atoms with Crippen molar-refractivity contribution in [1.29, 1.82) is 0 Å². The molecule has 1 heterocycles. The van der Waals surface area contributed by atoms with Gasteiger partial charge in [-0.2, -0.15) is 0 Å². The summed E-state index contributed by atoms with van der Waals surface area (Å²) in [7, 11) is 4.17. The minimum absolute atomic E-state index is 0.0985. The maximum absolute atomic E-state index is 12.5. The number of hydrogen-bond acceptors (Lipinski definition) is 3. The van der Waals surface area contributed by atoms with Gasteiger partial charge in [-0.05, 0) is 70.2 Å². The largest absolute Gasteiger partial charge is 0.353 e. The van der Waals surface area contributed by atoms with Crippen molar-refractivity contribution in [2.24, 2.45) is 17.3 Å². The quantitative estimate of drug-likeness (QED) is 0.759. The van der Waals surface area contributed by atoms with Gasteiger partial charge in [0, 0.05) is 12.5 Å². The van der Waals surface area contributed by atoms with Crippen LogP contribution >= 0.6 is 0 Å². The van der Waals surface area contributed by atoms with Crippen LogP contribution in [0.2, 0.25) is 0 Å². The molecule has 3 unspecified atom stereocenters. The smallest absolute Gasteiger partial charge is 0.220 e. The average Bonchev–Trinajstić information content (AvgIpc) is 2.42. The first-order valence-electron chi connectivity index (χ1n) is 8.85. The van der Waals surface area contributed by atoms with Gasteiger partial charge in [0.1, 0.15) is 0 Å². The normalized spacial score (nSPS) is 22.4. The molecule has 0 saturated carbocycles. The zero-order chi connectivity index (χ0) is 16.8. The molecule has 4 nitrogen and oxygen atoms in total. The van der Waals surface area contributed by atoms with Crippen LogP contribution < -0.4 is 10.6 Å². The number of carbonyl (C=O) groups excluding carboxylic acids is 1. The Bertz CT molecular complexity index is 330. The van der Waals surface area contributed by atoms with Crippen molar-refractivity contribution in [1.82, 2.24) is 15.5 Å². The topological polar surface area (TPSA) is 44.4 Å².